The first-order chi connectivity index (χ1) is 16.1. The predicted octanol–water partition coefficient (Wildman–Crippen LogP) is 4.61. The highest BCUT2D eigenvalue weighted by Gasteiger charge is 2.16. The molecule has 0 radical (unpaired) electrons. The van der Waals surface area contributed by atoms with Crippen LogP contribution in [-0.4, -0.2) is 21.2 Å². The van der Waals surface area contributed by atoms with Gasteiger partial charge in [-0.2, -0.15) is 0 Å². The third-order valence-electron chi connectivity index (χ3n) is 6.00. The van der Waals surface area contributed by atoms with Gasteiger partial charge in [0.1, 0.15) is 5.82 Å². The largest absolute Gasteiger partial charge is 0.322 e. The molecule has 0 saturated carbocycles. The third-order valence-corrected chi connectivity index (χ3v) is 6.00. The van der Waals surface area contributed by atoms with Gasteiger partial charge in [0, 0.05) is 35.3 Å². The van der Waals surface area contributed by atoms with Crippen molar-refractivity contribution in [1.82, 2.24) is 9.55 Å². The van der Waals surface area contributed by atoms with E-state index >= 15 is 0 Å². The molecule has 0 unspecified atom stereocenters. The molecular weight excluding hydrogens is 414 g/mol. The molecule has 0 aliphatic carbocycles. The highest BCUT2D eigenvalue weighted by molar-refractivity contribution is 6.10. The molecule has 1 aliphatic heterocycles. The van der Waals surface area contributed by atoms with Crippen LogP contribution in [0.25, 0.3) is 10.9 Å². The minimum absolute atomic E-state index is 0.0454. The monoisotopic (exact) mass is 437 g/mol. The number of rotatable bonds is 4. The number of hydrogen-bond donors (Lipinski definition) is 1. The van der Waals surface area contributed by atoms with E-state index in [9.17, 15) is 14.4 Å². The van der Waals surface area contributed by atoms with Crippen LogP contribution in [0.15, 0.2) is 77.6 Å². The van der Waals surface area contributed by atoms with Gasteiger partial charge in [-0.3, -0.25) is 19.0 Å². The number of aromatic nitrogens is 2. The topological polar surface area (TPSA) is 81.1 Å². The predicted molar refractivity (Wildman–Crippen MR) is 128 cm³/mol. The maximum Gasteiger partial charge on any atom is 0.261 e. The summed E-state index contributed by atoms with van der Waals surface area (Å²) in [5.41, 5.74) is 2.51. The van der Waals surface area contributed by atoms with E-state index in [1.807, 2.05) is 18.2 Å². The Labute approximate surface area is 190 Å². The number of anilines is 1. The van der Waals surface area contributed by atoms with Gasteiger partial charge in [0.15, 0.2) is 5.78 Å². The Hall–Kier alpha value is -4.06. The summed E-state index contributed by atoms with van der Waals surface area (Å²) in [6.45, 7) is 0.692. The quantitative estimate of drug-likeness (QED) is 0.473. The summed E-state index contributed by atoms with van der Waals surface area (Å²) in [4.78, 5) is 43.3. The van der Waals surface area contributed by atoms with Gasteiger partial charge in [-0.15, -0.1) is 0 Å². The summed E-state index contributed by atoms with van der Waals surface area (Å²) >= 11 is 0. The lowest BCUT2D eigenvalue weighted by atomic mass is 10.0. The maximum absolute atomic E-state index is 12.9. The van der Waals surface area contributed by atoms with Crippen LogP contribution in [-0.2, 0) is 13.0 Å². The third kappa shape index (κ3) is 4.20. The van der Waals surface area contributed by atoms with Gasteiger partial charge < -0.3 is 5.32 Å². The van der Waals surface area contributed by atoms with E-state index < -0.39 is 0 Å². The van der Waals surface area contributed by atoms with Crippen molar-refractivity contribution in [3.8, 4) is 0 Å². The molecular formula is C27H23N3O3. The second-order valence-electron chi connectivity index (χ2n) is 8.26. The summed E-state index contributed by atoms with van der Waals surface area (Å²) in [5, 5.41) is 3.38. The second kappa shape index (κ2) is 8.82. The van der Waals surface area contributed by atoms with Crippen LogP contribution in [0.4, 0.5) is 5.69 Å². The van der Waals surface area contributed by atoms with Gasteiger partial charge in [0.05, 0.1) is 10.9 Å². The van der Waals surface area contributed by atoms with E-state index in [0.29, 0.717) is 39.8 Å². The zero-order valence-corrected chi connectivity index (χ0v) is 18.1. The normalized spacial score (nSPS) is 13.2. The molecule has 0 saturated heterocycles. The molecule has 33 heavy (non-hydrogen) atoms. The van der Waals surface area contributed by atoms with Gasteiger partial charge in [-0.05, 0) is 43.2 Å². The first-order valence-corrected chi connectivity index (χ1v) is 11.1. The van der Waals surface area contributed by atoms with Gasteiger partial charge in [-0.25, -0.2) is 4.98 Å². The minimum atomic E-state index is -0.321. The van der Waals surface area contributed by atoms with Crippen molar-refractivity contribution in [3.63, 3.8) is 0 Å². The van der Waals surface area contributed by atoms with Crippen LogP contribution in [0, 0.1) is 0 Å². The first-order valence-electron chi connectivity index (χ1n) is 11.1. The van der Waals surface area contributed by atoms with Crippen molar-refractivity contribution in [1.29, 1.82) is 0 Å². The minimum Gasteiger partial charge on any atom is -0.322 e. The highest BCUT2D eigenvalue weighted by Crippen LogP contribution is 2.19. The van der Waals surface area contributed by atoms with Crippen LogP contribution < -0.4 is 10.9 Å². The van der Waals surface area contributed by atoms with Gasteiger partial charge in [0.2, 0.25) is 0 Å². The van der Waals surface area contributed by atoms with Gasteiger partial charge >= 0.3 is 0 Å². The smallest absolute Gasteiger partial charge is 0.261 e. The van der Waals surface area contributed by atoms with E-state index in [0.717, 1.165) is 31.5 Å². The highest BCUT2D eigenvalue weighted by atomic mass is 16.2. The summed E-state index contributed by atoms with van der Waals surface area (Å²) < 4.78 is 1.77. The van der Waals surface area contributed by atoms with Crippen molar-refractivity contribution in [2.24, 2.45) is 0 Å². The summed E-state index contributed by atoms with van der Waals surface area (Å²) in [7, 11) is 0. The molecule has 1 aliphatic rings. The zero-order valence-electron chi connectivity index (χ0n) is 18.1. The number of carbonyl (C=O) groups is 2. The van der Waals surface area contributed by atoms with Crippen LogP contribution in [0.5, 0.6) is 0 Å². The van der Waals surface area contributed by atoms with Gasteiger partial charge in [-0.1, -0.05) is 48.9 Å². The Morgan fingerprint density at radius 3 is 2.48 bits per heavy atom. The molecule has 6 heteroatoms. The fourth-order valence-corrected chi connectivity index (χ4v) is 4.26. The second-order valence-corrected chi connectivity index (χ2v) is 8.26. The Morgan fingerprint density at radius 1 is 0.818 bits per heavy atom. The molecule has 3 aromatic carbocycles. The molecule has 1 aromatic heterocycles. The van der Waals surface area contributed by atoms with Gasteiger partial charge in [0.25, 0.3) is 11.5 Å². The number of amides is 1. The molecule has 164 valence electrons. The van der Waals surface area contributed by atoms with E-state index in [4.69, 9.17) is 4.98 Å². The average molecular weight is 437 g/mol. The van der Waals surface area contributed by atoms with Crippen LogP contribution in [0.2, 0.25) is 0 Å². The number of ketones is 1. The lowest BCUT2D eigenvalue weighted by Crippen LogP contribution is -2.24. The van der Waals surface area contributed by atoms with E-state index in [2.05, 4.69) is 5.32 Å². The van der Waals surface area contributed by atoms with Crippen molar-refractivity contribution in [3.05, 3.63) is 106 Å². The molecule has 5 rings (SSSR count). The van der Waals surface area contributed by atoms with Crippen molar-refractivity contribution in [2.45, 2.75) is 32.2 Å². The fraction of sp³-hybridized carbons (Fsp3) is 0.185. The first kappa shape index (κ1) is 20.8. The van der Waals surface area contributed by atoms with Crippen molar-refractivity contribution in [2.75, 3.05) is 5.32 Å². The summed E-state index contributed by atoms with van der Waals surface area (Å²) in [6, 6.07) is 20.9. The molecule has 0 fully saturated rings. The number of hydrogen-bond acceptors (Lipinski definition) is 4. The standard InChI is InChI=1S/C27H23N3O3/c31-25(18-8-3-1-4-9-18)19-10-7-11-21(16-19)28-26(32)20-13-14-22-23(17-20)29-24-12-5-2-6-15-30(24)27(22)33/h1,3-4,7-11,13-14,16-17H,2,5-6,12,15H2,(H,28,32). The summed E-state index contributed by atoms with van der Waals surface area (Å²) in [6.07, 6.45) is 3.84. The van der Waals surface area contributed by atoms with Crippen LogP contribution in [0.1, 0.15) is 51.4 Å². The van der Waals surface area contributed by atoms with Crippen molar-refractivity contribution < 1.29 is 9.59 Å². The number of nitrogens with zero attached hydrogens (tertiary/aromatic N) is 2. The number of carbonyl (C=O) groups excluding carboxylic acids is 2. The molecule has 4 aromatic rings. The molecule has 0 bridgehead atoms. The van der Waals surface area contributed by atoms with Crippen LogP contribution in [0.3, 0.4) is 0 Å². The Kier molecular flexibility index (Phi) is 5.57. The lowest BCUT2D eigenvalue weighted by Gasteiger charge is -2.11. The SMILES string of the molecule is O=C(Nc1cccc(C(=O)c2ccccc2)c1)c1ccc2c(=O)n3c(nc2c1)CCCCC3. The zero-order chi connectivity index (χ0) is 22.8. The fourth-order valence-electron chi connectivity index (χ4n) is 4.26. The van der Waals surface area contributed by atoms with E-state index in [1.54, 1.807) is 59.2 Å². The number of fused-ring (bicyclic) bond motifs is 2. The van der Waals surface area contributed by atoms with E-state index in [-0.39, 0.29) is 17.2 Å². The molecule has 0 atom stereocenters. The Bertz CT molecular complexity index is 1420. The molecule has 1 N–H and O–H groups in total. The average Bonchev–Trinajstić information content (AvgIpc) is 3.10. The lowest BCUT2D eigenvalue weighted by molar-refractivity contribution is 0.102. The number of benzene rings is 3. The molecule has 6 nitrogen and oxygen atoms in total. The summed E-state index contributed by atoms with van der Waals surface area (Å²) in [5.74, 6) is 0.357. The number of aryl methyl sites for hydroxylation is 1. The molecule has 0 spiro atoms. The van der Waals surface area contributed by atoms with Crippen LogP contribution >= 0.6 is 0 Å². The van der Waals surface area contributed by atoms with E-state index in [1.165, 1.54) is 0 Å². The Morgan fingerprint density at radius 2 is 1.64 bits per heavy atom. The maximum atomic E-state index is 12.9. The number of nitrogens with one attached hydrogen (secondary N) is 1. The molecule has 1 amide bonds. The molecule has 2 heterocycles. The van der Waals surface area contributed by atoms with Crippen molar-refractivity contribution >= 4 is 28.3 Å². The Balaban J connectivity index is 1.41.